The second kappa shape index (κ2) is 5.60. The third-order valence-electron chi connectivity index (χ3n) is 2.02. The summed E-state index contributed by atoms with van der Waals surface area (Å²) >= 11 is 0. The molecule has 0 radical (unpaired) electrons. The summed E-state index contributed by atoms with van der Waals surface area (Å²) in [4.78, 5) is 0. The predicted molar refractivity (Wildman–Crippen MR) is 56.0 cm³/mol. The summed E-state index contributed by atoms with van der Waals surface area (Å²) in [5, 5.41) is 0. The van der Waals surface area contributed by atoms with Crippen molar-refractivity contribution < 1.29 is 38.9 Å². The van der Waals surface area contributed by atoms with Gasteiger partial charge in [-0.05, 0) is 5.56 Å². The molecule has 0 heterocycles. The normalized spacial score (nSPS) is 13.8. The number of alkyl halides is 6. The largest absolute Gasteiger partial charge is 0.425 e. The smallest absolute Gasteiger partial charge is 0.247 e. The molecule has 0 bridgehead atoms. The van der Waals surface area contributed by atoms with Crippen LogP contribution in [0, 0.1) is 0 Å². The van der Waals surface area contributed by atoms with Gasteiger partial charge in [0.1, 0.15) is 5.75 Å². The highest BCUT2D eigenvalue weighted by atomic mass is 32.2. The van der Waals surface area contributed by atoms with Crippen LogP contribution in [0.15, 0.2) is 30.3 Å². The molecular weight excluding hydrogens is 314 g/mol. The van der Waals surface area contributed by atoms with Gasteiger partial charge >= 0.3 is 12.4 Å². The summed E-state index contributed by atoms with van der Waals surface area (Å²) in [6, 6.07) is 6.74. The Morgan fingerprint density at radius 3 is 1.80 bits per heavy atom. The van der Waals surface area contributed by atoms with Gasteiger partial charge in [0.15, 0.2) is 0 Å². The minimum Gasteiger partial charge on any atom is -0.247 e. The number of hydrogen-bond acceptors (Lipinski definition) is 3. The molecule has 0 aliphatic heterocycles. The van der Waals surface area contributed by atoms with Crippen LogP contribution in [-0.2, 0) is 20.1 Å². The standard InChI is InChI=1S/C10H8F6O3S/c11-9(12,13)8(10(14,15)16)19-20(17,18)6-7-4-2-1-3-5-7/h1-5,8H,6H2. The van der Waals surface area contributed by atoms with Gasteiger partial charge in [0.2, 0.25) is 0 Å². The first-order valence-electron chi connectivity index (χ1n) is 5.00. The quantitative estimate of drug-likeness (QED) is 0.632. The molecule has 10 heteroatoms. The fourth-order valence-electron chi connectivity index (χ4n) is 1.25. The van der Waals surface area contributed by atoms with Gasteiger partial charge in [0.25, 0.3) is 16.2 Å². The molecule has 1 aromatic rings. The Morgan fingerprint density at radius 1 is 0.950 bits per heavy atom. The minimum absolute atomic E-state index is 0.00981. The first kappa shape index (κ1) is 16.8. The highest BCUT2D eigenvalue weighted by molar-refractivity contribution is 7.85. The van der Waals surface area contributed by atoms with E-state index in [1.54, 1.807) is 0 Å². The van der Waals surface area contributed by atoms with E-state index in [0.29, 0.717) is 0 Å². The SMILES string of the molecule is O=S(=O)(Cc1ccccc1)OC(C(F)(F)F)C(F)(F)F. The monoisotopic (exact) mass is 322 g/mol. The van der Waals surface area contributed by atoms with Crippen molar-refractivity contribution in [1.82, 2.24) is 0 Å². The second-order valence-corrected chi connectivity index (χ2v) is 5.34. The van der Waals surface area contributed by atoms with Gasteiger partial charge in [-0.1, -0.05) is 30.3 Å². The lowest BCUT2D eigenvalue weighted by atomic mass is 10.2. The Balaban J connectivity index is 2.93. The number of hydrogen-bond donors (Lipinski definition) is 0. The summed E-state index contributed by atoms with van der Waals surface area (Å²) in [7, 11) is -5.04. The summed E-state index contributed by atoms with van der Waals surface area (Å²) in [5.41, 5.74) is 0.00981. The van der Waals surface area contributed by atoms with E-state index < -0.39 is 34.3 Å². The van der Waals surface area contributed by atoms with E-state index in [9.17, 15) is 34.8 Å². The summed E-state index contributed by atoms with van der Waals surface area (Å²) in [5.74, 6) is -1.09. The van der Waals surface area contributed by atoms with Crippen molar-refractivity contribution in [1.29, 1.82) is 0 Å². The van der Waals surface area contributed by atoms with Crippen molar-refractivity contribution in [2.45, 2.75) is 24.2 Å². The third kappa shape index (κ3) is 5.00. The molecule has 0 aliphatic carbocycles. The number of benzene rings is 1. The molecule has 0 saturated carbocycles. The van der Waals surface area contributed by atoms with Crippen molar-refractivity contribution in [2.24, 2.45) is 0 Å². The van der Waals surface area contributed by atoms with Crippen LogP contribution in [0.5, 0.6) is 0 Å². The molecule has 0 unspecified atom stereocenters. The van der Waals surface area contributed by atoms with Gasteiger partial charge in [-0.15, -0.1) is 0 Å². The van der Waals surface area contributed by atoms with E-state index in [1.807, 2.05) is 0 Å². The van der Waals surface area contributed by atoms with Crippen molar-refractivity contribution >= 4 is 10.1 Å². The van der Waals surface area contributed by atoms with Gasteiger partial charge in [-0.3, -0.25) is 0 Å². The van der Waals surface area contributed by atoms with Crippen LogP contribution < -0.4 is 0 Å². The van der Waals surface area contributed by atoms with Gasteiger partial charge in [0, 0.05) is 0 Å². The maximum absolute atomic E-state index is 12.2. The van der Waals surface area contributed by atoms with Crippen LogP contribution in [0.4, 0.5) is 26.3 Å². The molecule has 1 rings (SSSR count). The molecule has 0 spiro atoms. The Hall–Kier alpha value is -1.29. The first-order chi connectivity index (χ1) is 8.92. The Kier molecular flexibility index (Phi) is 4.70. The average molecular weight is 322 g/mol. The van der Waals surface area contributed by atoms with Gasteiger partial charge in [-0.2, -0.15) is 34.8 Å². The number of halogens is 6. The average Bonchev–Trinajstić information content (AvgIpc) is 2.24. The summed E-state index contributed by atoms with van der Waals surface area (Å²) in [6.07, 6.45) is -16.1. The van der Waals surface area contributed by atoms with Crippen molar-refractivity contribution in [3.05, 3.63) is 35.9 Å². The number of rotatable bonds is 4. The third-order valence-corrected chi connectivity index (χ3v) is 3.20. The molecule has 20 heavy (non-hydrogen) atoms. The highest BCUT2D eigenvalue weighted by Gasteiger charge is 2.60. The van der Waals surface area contributed by atoms with E-state index >= 15 is 0 Å². The van der Waals surface area contributed by atoms with Crippen LogP contribution in [0.2, 0.25) is 0 Å². The second-order valence-electron chi connectivity index (χ2n) is 3.75. The van der Waals surface area contributed by atoms with Crippen molar-refractivity contribution in [3.8, 4) is 0 Å². The van der Waals surface area contributed by atoms with Crippen molar-refractivity contribution in [2.75, 3.05) is 0 Å². The topological polar surface area (TPSA) is 43.4 Å². The van der Waals surface area contributed by atoms with Gasteiger partial charge in [0.05, 0.1) is 0 Å². The van der Waals surface area contributed by atoms with E-state index in [4.69, 9.17) is 0 Å². The van der Waals surface area contributed by atoms with Crippen LogP contribution in [-0.4, -0.2) is 26.9 Å². The molecule has 0 fully saturated rings. The zero-order chi connectivity index (χ0) is 15.6. The lowest BCUT2D eigenvalue weighted by Crippen LogP contribution is -2.45. The lowest BCUT2D eigenvalue weighted by Gasteiger charge is -2.22. The maximum Gasteiger partial charge on any atom is 0.425 e. The van der Waals surface area contributed by atoms with E-state index in [1.165, 1.54) is 30.3 Å². The van der Waals surface area contributed by atoms with Gasteiger partial charge in [-0.25, -0.2) is 4.18 Å². The zero-order valence-corrected chi connectivity index (χ0v) is 10.4. The zero-order valence-electron chi connectivity index (χ0n) is 9.57. The maximum atomic E-state index is 12.2. The highest BCUT2D eigenvalue weighted by Crippen LogP contribution is 2.36. The molecule has 0 N–H and O–H groups in total. The van der Waals surface area contributed by atoms with E-state index in [2.05, 4.69) is 4.18 Å². The molecular formula is C10H8F6O3S. The molecule has 0 aliphatic rings. The van der Waals surface area contributed by atoms with Crippen LogP contribution in [0.3, 0.4) is 0 Å². The molecule has 0 aromatic heterocycles. The van der Waals surface area contributed by atoms with Crippen molar-refractivity contribution in [3.63, 3.8) is 0 Å². The molecule has 0 atom stereocenters. The summed E-state index contributed by atoms with van der Waals surface area (Å²) < 4.78 is 98.9. The fraction of sp³-hybridized carbons (Fsp3) is 0.400. The fourth-order valence-corrected chi connectivity index (χ4v) is 2.43. The molecule has 3 nitrogen and oxygen atoms in total. The Morgan fingerprint density at radius 2 is 1.40 bits per heavy atom. The lowest BCUT2D eigenvalue weighted by molar-refractivity contribution is -0.299. The molecule has 1 aromatic carbocycles. The van der Waals surface area contributed by atoms with Crippen LogP contribution >= 0.6 is 0 Å². The van der Waals surface area contributed by atoms with Gasteiger partial charge < -0.3 is 0 Å². The molecule has 0 amide bonds. The first-order valence-corrected chi connectivity index (χ1v) is 6.58. The molecule has 0 saturated heterocycles. The summed E-state index contributed by atoms with van der Waals surface area (Å²) in [6.45, 7) is 0. The van der Waals surface area contributed by atoms with Crippen LogP contribution in [0.1, 0.15) is 5.56 Å². The Labute approximate surface area is 110 Å². The predicted octanol–water partition coefficient (Wildman–Crippen LogP) is 3.03. The van der Waals surface area contributed by atoms with Crippen LogP contribution in [0.25, 0.3) is 0 Å². The molecule has 114 valence electrons. The minimum atomic E-state index is -5.87. The Bertz CT molecular complexity index is 520. The van der Waals surface area contributed by atoms with E-state index in [0.717, 1.165) is 0 Å². The van der Waals surface area contributed by atoms with E-state index in [-0.39, 0.29) is 5.56 Å².